The van der Waals surface area contributed by atoms with E-state index in [0.717, 1.165) is 6.42 Å². The zero-order valence-electron chi connectivity index (χ0n) is 6.35. The van der Waals surface area contributed by atoms with E-state index in [-0.39, 0.29) is 29.6 Å². The summed E-state index contributed by atoms with van der Waals surface area (Å²) in [5.74, 6) is -0.493. The molecule has 0 bridgehead atoms. The van der Waals surface area contributed by atoms with Gasteiger partial charge in [0, 0.05) is 6.42 Å². The summed E-state index contributed by atoms with van der Waals surface area (Å²) in [6.45, 7) is 1.90. The van der Waals surface area contributed by atoms with Crippen molar-refractivity contribution >= 4 is 29.1 Å². The van der Waals surface area contributed by atoms with Gasteiger partial charge in [0.25, 0.3) is 0 Å². The van der Waals surface area contributed by atoms with Crippen molar-refractivity contribution in [2.45, 2.75) is 26.2 Å². The molecule has 0 N–H and O–H groups in total. The molecule has 0 radical (unpaired) electrons. The largest absolute Gasteiger partial charge is 0.469 e. The molecule has 0 aliphatic heterocycles. The number of hydrogen-bond donors (Lipinski definition) is 0. The minimum atomic E-state index is -0.446. The molecule has 0 fully saturated rings. The van der Waals surface area contributed by atoms with Crippen molar-refractivity contribution in [3.63, 3.8) is 0 Å². The second-order valence-corrected chi connectivity index (χ2v) is 2.04. The molecule has 0 aromatic rings. The molecular formula is C7H15AlO3. The fourth-order valence-electron chi connectivity index (χ4n) is 0.600. The first-order valence-electron chi connectivity index (χ1n) is 3.29. The number of ether oxygens (including phenoxy) is 1. The Labute approximate surface area is 77.2 Å². The number of esters is 1. The lowest BCUT2D eigenvalue weighted by Crippen LogP contribution is -2.08. The van der Waals surface area contributed by atoms with Crippen LogP contribution in [-0.2, 0) is 14.3 Å². The van der Waals surface area contributed by atoms with E-state index >= 15 is 0 Å². The van der Waals surface area contributed by atoms with Crippen LogP contribution in [0.2, 0.25) is 0 Å². The summed E-state index contributed by atoms with van der Waals surface area (Å²) in [7, 11) is 1.28. The molecule has 11 heavy (non-hydrogen) atoms. The summed E-state index contributed by atoms with van der Waals surface area (Å²) in [5.41, 5.74) is 0. The Morgan fingerprint density at radius 1 is 1.36 bits per heavy atom. The van der Waals surface area contributed by atoms with Gasteiger partial charge in [-0.25, -0.2) is 0 Å². The molecule has 0 aliphatic carbocycles. The minimum absolute atomic E-state index is 0. The van der Waals surface area contributed by atoms with Gasteiger partial charge < -0.3 is 4.74 Å². The Hall–Kier alpha value is -0.328. The average molecular weight is 174 g/mol. The quantitative estimate of drug-likeness (QED) is 0.335. The Morgan fingerprint density at radius 2 is 1.91 bits per heavy atom. The van der Waals surface area contributed by atoms with E-state index in [9.17, 15) is 9.59 Å². The van der Waals surface area contributed by atoms with E-state index in [2.05, 4.69) is 4.74 Å². The first-order chi connectivity index (χ1) is 4.70. The normalized spacial score (nSPS) is 8.18. The van der Waals surface area contributed by atoms with Gasteiger partial charge in [0.05, 0.1) is 7.11 Å². The maximum atomic E-state index is 10.7. The van der Waals surface area contributed by atoms with Crippen LogP contribution in [0.15, 0.2) is 0 Å². The molecule has 0 unspecified atom stereocenters. The molecule has 0 atom stereocenters. The highest BCUT2D eigenvalue weighted by atomic mass is 27.0. The molecule has 0 aromatic carbocycles. The van der Waals surface area contributed by atoms with Crippen molar-refractivity contribution in [2.75, 3.05) is 7.11 Å². The molecule has 0 heterocycles. The van der Waals surface area contributed by atoms with Crippen LogP contribution in [0.1, 0.15) is 26.2 Å². The molecular weight excluding hydrogens is 159 g/mol. The second-order valence-electron chi connectivity index (χ2n) is 2.04. The smallest absolute Gasteiger partial charge is 0.313 e. The third kappa shape index (κ3) is 7.57. The van der Waals surface area contributed by atoms with Gasteiger partial charge >= 0.3 is 5.97 Å². The highest BCUT2D eigenvalue weighted by Gasteiger charge is 2.06. The van der Waals surface area contributed by atoms with Crippen molar-refractivity contribution in [1.29, 1.82) is 0 Å². The molecule has 64 valence electrons. The Bertz CT molecular complexity index is 134. The molecule has 0 amide bonds. The van der Waals surface area contributed by atoms with E-state index in [0.29, 0.717) is 6.42 Å². The van der Waals surface area contributed by atoms with Gasteiger partial charge in [-0.1, -0.05) is 6.92 Å². The van der Waals surface area contributed by atoms with Crippen LogP contribution < -0.4 is 0 Å². The summed E-state index contributed by atoms with van der Waals surface area (Å²) in [5, 5.41) is 0. The third-order valence-electron chi connectivity index (χ3n) is 1.10. The molecule has 0 saturated heterocycles. The van der Waals surface area contributed by atoms with Crippen molar-refractivity contribution < 1.29 is 14.3 Å². The van der Waals surface area contributed by atoms with E-state index in [1.54, 1.807) is 0 Å². The van der Waals surface area contributed by atoms with E-state index < -0.39 is 5.97 Å². The number of carbonyl (C=O) groups excluding carboxylic acids is 2. The number of Topliss-reactive ketones (excluding diaryl/α,β-unsaturated/α-hetero) is 1. The molecule has 0 aliphatic rings. The van der Waals surface area contributed by atoms with Gasteiger partial charge in [0.1, 0.15) is 12.2 Å². The lowest BCUT2D eigenvalue weighted by molar-refractivity contribution is -0.143. The van der Waals surface area contributed by atoms with E-state index in [1.807, 2.05) is 6.92 Å². The predicted molar refractivity (Wildman–Crippen MR) is 46.5 cm³/mol. The lowest BCUT2D eigenvalue weighted by atomic mass is 10.2. The lowest BCUT2D eigenvalue weighted by Gasteiger charge is -1.95. The maximum Gasteiger partial charge on any atom is 0.313 e. The molecule has 4 heteroatoms. The number of ketones is 1. The summed E-state index contributed by atoms with van der Waals surface area (Å²) in [4.78, 5) is 21.2. The van der Waals surface area contributed by atoms with Crippen LogP contribution in [0.5, 0.6) is 0 Å². The molecule has 0 rings (SSSR count). The van der Waals surface area contributed by atoms with Crippen molar-refractivity contribution in [3.05, 3.63) is 0 Å². The monoisotopic (exact) mass is 174 g/mol. The first kappa shape index (κ1) is 13.3. The summed E-state index contributed by atoms with van der Waals surface area (Å²) < 4.78 is 4.31. The highest BCUT2D eigenvalue weighted by molar-refractivity contribution is 5.95. The molecule has 3 nitrogen and oxygen atoms in total. The first-order valence-corrected chi connectivity index (χ1v) is 3.29. The number of methoxy groups -OCH3 is 1. The van der Waals surface area contributed by atoms with Gasteiger partial charge in [0.2, 0.25) is 0 Å². The van der Waals surface area contributed by atoms with Crippen molar-refractivity contribution in [3.8, 4) is 0 Å². The zero-order valence-corrected chi connectivity index (χ0v) is 6.35. The van der Waals surface area contributed by atoms with E-state index in [1.165, 1.54) is 7.11 Å². The van der Waals surface area contributed by atoms with Crippen LogP contribution in [0.3, 0.4) is 0 Å². The molecule has 0 aromatic heterocycles. The van der Waals surface area contributed by atoms with Crippen LogP contribution in [0, 0.1) is 0 Å². The number of hydrogen-bond acceptors (Lipinski definition) is 3. The fourth-order valence-corrected chi connectivity index (χ4v) is 0.600. The number of carbonyl (C=O) groups is 2. The topological polar surface area (TPSA) is 43.4 Å². The van der Waals surface area contributed by atoms with Crippen LogP contribution in [0.4, 0.5) is 0 Å². The third-order valence-corrected chi connectivity index (χ3v) is 1.10. The molecule has 0 saturated carbocycles. The predicted octanol–water partition coefficient (Wildman–Crippen LogP) is -0.265. The fraction of sp³-hybridized carbons (Fsp3) is 0.714. The van der Waals surface area contributed by atoms with E-state index in [4.69, 9.17) is 0 Å². The van der Waals surface area contributed by atoms with Gasteiger partial charge in [-0.2, -0.15) is 0 Å². The Kier molecular flexibility index (Phi) is 9.38. The number of rotatable bonds is 4. The summed E-state index contributed by atoms with van der Waals surface area (Å²) in [6, 6.07) is 0. The minimum Gasteiger partial charge on any atom is -0.469 e. The van der Waals surface area contributed by atoms with Crippen molar-refractivity contribution in [1.82, 2.24) is 0 Å². The SMILES string of the molecule is CCCC(=O)CC(=O)OC.[AlH3]. The Balaban J connectivity index is 0. The average Bonchev–Trinajstić information content (AvgIpc) is 1.88. The van der Waals surface area contributed by atoms with Crippen LogP contribution in [0.25, 0.3) is 0 Å². The maximum absolute atomic E-state index is 10.7. The summed E-state index contributed by atoms with van der Waals surface area (Å²) >= 11 is 0. The van der Waals surface area contributed by atoms with Gasteiger partial charge in [-0.15, -0.1) is 0 Å². The van der Waals surface area contributed by atoms with Gasteiger partial charge in [-0.05, 0) is 6.42 Å². The van der Waals surface area contributed by atoms with Crippen LogP contribution >= 0.6 is 0 Å². The van der Waals surface area contributed by atoms with Gasteiger partial charge in [0.15, 0.2) is 17.4 Å². The van der Waals surface area contributed by atoms with Gasteiger partial charge in [-0.3, -0.25) is 9.59 Å². The molecule has 0 spiro atoms. The highest BCUT2D eigenvalue weighted by Crippen LogP contribution is 1.94. The second kappa shape index (κ2) is 7.78. The van der Waals surface area contributed by atoms with Crippen molar-refractivity contribution in [2.24, 2.45) is 0 Å². The zero-order chi connectivity index (χ0) is 7.98. The van der Waals surface area contributed by atoms with Crippen LogP contribution in [-0.4, -0.2) is 36.2 Å². The summed E-state index contributed by atoms with van der Waals surface area (Å²) in [6.07, 6.45) is 1.18. The standard InChI is InChI=1S/C7H12O3.Al.3H/c1-3-4-6(8)5-7(9)10-2;;;;/h3-5H2,1-2H3;;;;. The Morgan fingerprint density at radius 3 is 2.27 bits per heavy atom.